The van der Waals surface area contributed by atoms with Gasteiger partial charge in [-0.3, -0.25) is 9.89 Å². The molecule has 2 rings (SSSR count). The molecule has 0 amide bonds. The first-order chi connectivity index (χ1) is 9.13. The monoisotopic (exact) mass is 264 g/mol. The van der Waals surface area contributed by atoms with Gasteiger partial charge in [0.05, 0.1) is 24.2 Å². The van der Waals surface area contributed by atoms with Crippen LogP contribution in [0.1, 0.15) is 37.9 Å². The third-order valence-corrected chi connectivity index (χ3v) is 2.94. The van der Waals surface area contributed by atoms with Gasteiger partial charge in [-0.2, -0.15) is 5.10 Å². The number of carboxylic acid groups (broad SMARTS) is 1. The summed E-state index contributed by atoms with van der Waals surface area (Å²) in [5.41, 5.74) is 1.64. The largest absolute Gasteiger partial charge is 0.481 e. The Hall–Kier alpha value is -2.25. The van der Waals surface area contributed by atoms with E-state index in [1.54, 1.807) is 10.9 Å². The SMILES string of the molecule is CCCC(CC(=O)O)n1nnnc1-c1cn[nH]c1C. The van der Waals surface area contributed by atoms with E-state index in [0.29, 0.717) is 12.2 Å². The summed E-state index contributed by atoms with van der Waals surface area (Å²) in [6, 6.07) is -0.248. The van der Waals surface area contributed by atoms with Crippen molar-refractivity contribution in [2.45, 2.75) is 39.2 Å². The van der Waals surface area contributed by atoms with Crippen LogP contribution in [0.2, 0.25) is 0 Å². The number of hydrogen-bond donors (Lipinski definition) is 2. The maximum absolute atomic E-state index is 10.9. The molecule has 1 unspecified atom stereocenters. The van der Waals surface area contributed by atoms with Crippen molar-refractivity contribution in [1.29, 1.82) is 0 Å². The summed E-state index contributed by atoms with van der Waals surface area (Å²) in [5, 5.41) is 27.3. The quantitative estimate of drug-likeness (QED) is 0.810. The normalized spacial score (nSPS) is 12.5. The van der Waals surface area contributed by atoms with E-state index in [4.69, 9.17) is 5.11 Å². The highest BCUT2D eigenvalue weighted by molar-refractivity contribution is 5.67. The molecule has 0 bridgehead atoms. The average Bonchev–Trinajstić information content (AvgIpc) is 2.95. The topological polar surface area (TPSA) is 110 Å². The molecular formula is C11H16N6O2. The van der Waals surface area contributed by atoms with Gasteiger partial charge in [0, 0.05) is 5.69 Å². The minimum Gasteiger partial charge on any atom is -0.481 e. The number of aromatic amines is 1. The van der Waals surface area contributed by atoms with Crippen LogP contribution in [0.3, 0.4) is 0 Å². The third-order valence-electron chi connectivity index (χ3n) is 2.94. The Labute approximate surface area is 109 Å². The Kier molecular flexibility index (Phi) is 3.88. The molecule has 0 aliphatic rings. The lowest BCUT2D eigenvalue weighted by Crippen LogP contribution is -2.16. The van der Waals surface area contributed by atoms with Crippen LogP contribution in [0.4, 0.5) is 0 Å². The van der Waals surface area contributed by atoms with Gasteiger partial charge in [-0.1, -0.05) is 13.3 Å². The lowest BCUT2D eigenvalue weighted by molar-refractivity contribution is -0.138. The zero-order valence-electron chi connectivity index (χ0n) is 10.9. The van der Waals surface area contributed by atoms with Crippen LogP contribution < -0.4 is 0 Å². The van der Waals surface area contributed by atoms with E-state index >= 15 is 0 Å². The Morgan fingerprint density at radius 3 is 2.95 bits per heavy atom. The summed E-state index contributed by atoms with van der Waals surface area (Å²) in [4.78, 5) is 10.9. The molecule has 102 valence electrons. The Bertz CT molecular complexity index is 561. The first-order valence-electron chi connectivity index (χ1n) is 6.13. The number of nitrogens with zero attached hydrogens (tertiary/aromatic N) is 5. The van der Waals surface area contributed by atoms with Crippen molar-refractivity contribution in [2.75, 3.05) is 0 Å². The molecule has 0 spiro atoms. The Morgan fingerprint density at radius 1 is 1.58 bits per heavy atom. The van der Waals surface area contributed by atoms with Gasteiger partial charge in [-0.05, 0) is 23.8 Å². The van der Waals surface area contributed by atoms with Crippen LogP contribution in [0.25, 0.3) is 11.4 Å². The average molecular weight is 264 g/mol. The number of rotatable bonds is 6. The van der Waals surface area contributed by atoms with E-state index in [9.17, 15) is 4.79 Å². The van der Waals surface area contributed by atoms with Crippen molar-refractivity contribution >= 4 is 5.97 Å². The second-order valence-corrected chi connectivity index (χ2v) is 4.40. The molecule has 0 radical (unpaired) electrons. The van der Waals surface area contributed by atoms with Gasteiger partial charge in [-0.15, -0.1) is 5.10 Å². The van der Waals surface area contributed by atoms with Crippen LogP contribution in [0, 0.1) is 6.92 Å². The molecule has 0 aromatic carbocycles. The molecule has 2 heterocycles. The van der Waals surface area contributed by atoms with E-state index < -0.39 is 5.97 Å². The first kappa shape index (κ1) is 13.2. The van der Waals surface area contributed by atoms with Crippen LogP contribution >= 0.6 is 0 Å². The summed E-state index contributed by atoms with van der Waals surface area (Å²) >= 11 is 0. The maximum atomic E-state index is 10.9. The van der Waals surface area contributed by atoms with Crippen molar-refractivity contribution in [3.05, 3.63) is 11.9 Å². The molecule has 2 N–H and O–H groups in total. The molecule has 0 fully saturated rings. The molecule has 0 saturated carbocycles. The highest BCUT2D eigenvalue weighted by Gasteiger charge is 2.22. The summed E-state index contributed by atoms with van der Waals surface area (Å²) in [5.74, 6) is -0.310. The number of nitrogens with one attached hydrogen (secondary N) is 1. The number of aliphatic carboxylic acids is 1. The van der Waals surface area contributed by atoms with Crippen molar-refractivity contribution in [3.8, 4) is 11.4 Å². The van der Waals surface area contributed by atoms with Gasteiger partial charge in [0.1, 0.15) is 0 Å². The molecule has 1 atom stereocenters. The van der Waals surface area contributed by atoms with Crippen molar-refractivity contribution in [1.82, 2.24) is 30.4 Å². The predicted octanol–water partition coefficient (Wildman–Crippen LogP) is 1.19. The smallest absolute Gasteiger partial charge is 0.305 e. The second-order valence-electron chi connectivity index (χ2n) is 4.40. The third kappa shape index (κ3) is 2.78. The molecule has 0 aliphatic carbocycles. The molecular weight excluding hydrogens is 248 g/mol. The standard InChI is InChI=1S/C11H16N6O2/c1-3-4-8(5-10(18)19)17-11(14-15-16-17)9-6-12-13-7(9)2/h6,8H,3-5H2,1-2H3,(H,12,13)(H,18,19). The number of aromatic nitrogens is 6. The molecule has 2 aromatic heterocycles. The van der Waals surface area contributed by atoms with Gasteiger partial charge in [0.25, 0.3) is 0 Å². The van der Waals surface area contributed by atoms with Crippen molar-refractivity contribution < 1.29 is 9.90 Å². The summed E-state index contributed by atoms with van der Waals surface area (Å²) in [6.07, 6.45) is 3.22. The van der Waals surface area contributed by atoms with Crippen molar-refractivity contribution in [2.24, 2.45) is 0 Å². The molecule has 8 nitrogen and oxygen atoms in total. The van der Waals surface area contributed by atoms with Crippen LogP contribution in [-0.4, -0.2) is 41.5 Å². The van der Waals surface area contributed by atoms with E-state index in [0.717, 1.165) is 17.7 Å². The number of H-pyrrole nitrogens is 1. The van der Waals surface area contributed by atoms with Crippen molar-refractivity contribution in [3.63, 3.8) is 0 Å². The molecule has 0 saturated heterocycles. The minimum atomic E-state index is -0.858. The second kappa shape index (κ2) is 5.59. The molecule has 8 heteroatoms. The number of tetrazole rings is 1. The Morgan fingerprint density at radius 2 is 2.37 bits per heavy atom. The number of aryl methyl sites for hydroxylation is 1. The van der Waals surface area contributed by atoms with Gasteiger partial charge in [0.2, 0.25) is 0 Å². The van der Waals surface area contributed by atoms with Crippen LogP contribution in [0.5, 0.6) is 0 Å². The molecule has 19 heavy (non-hydrogen) atoms. The maximum Gasteiger partial charge on any atom is 0.305 e. The van der Waals surface area contributed by atoms with Crippen LogP contribution in [0.15, 0.2) is 6.20 Å². The van der Waals surface area contributed by atoms with Gasteiger partial charge in [-0.25, -0.2) is 4.68 Å². The van der Waals surface area contributed by atoms with E-state index in [-0.39, 0.29) is 12.5 Å². The molecule has 2 aromatic rings. The number of carboxylic acids is 1. The lowest BCUT2D eigenvalue weighted by atomic mass is 10.1. The Balaban J connectivity index is 2.36. The summed E-state index contributed by atoms with van der Waals surface area (Å²) < 4.78 is 1.58. The molecule has 0 aliphatic heterocycles. The number of hydrogen-bond acceptors (Lipinski definition) is 5. The van der Waals surface area contributed by atoms with Gasteiger partial charge in [0.15, 0.2) is 5.82 Å². The van der Waals surface area contributed by atoms with Gasteiger partial charge >= 0.3 is 5.97 Å². The highest BCUT2D eigenvalue weighted by atomic mass is 16.4. The van der Waals surface area contributed by atoms with E-state index in [2.05, 4.69) is 25.7 Å². The fourth-order valence-corrected chi connectivity index (χ4v) is 2.04. The zero-order chi connectivity index (χ0) is 13.8. The summed E-state index contributed by atoms with van der Waals surface area (Å²) in [6.45, 7) is 3.87. The fourth-order valence-electron chi connectivity index (χ4n) is 2.04. The first-order valence-corrected chi connectivity index (χ1v) is 6.13. The van der Waals surface area contributed by atoms with E-state index in [1.807, 2.05) is 13.8 Å². The summed E-state index contributed by atoms with van der Waals surface area (Å²) in [7, 11) is 0. The number of carbonyl (C=O) groups is 1. The minimum absolute atomic E-state index is 0.00276. The highest BCUT2D eigenvalue weighted by Crippen LogP contribution is 2.25. The van der Waals surface area contributed by atoms with Gasteiger partial charge < -0.3 is 5.11 Å². The zero-order valence-corrected chi connectivity index (χ0v) is 10.9. The van der Waals surface area contributed by atoms with E-state index in [1.165, 1.54) is 0 Å². The lowest BCUT2D eigenvalue weighted by Gasteiger charge is -2.15. The predicted molar refractivity (Wildman–Crippen MR) is 66.3 cm³/mol. The fraction of sp³-hybridized carbons (Fsp3) is 0.545. The van der Waals surface area contributed by atoms with Crippen LogP contribution in [-0.2, 0) is 4.79 Å².